The Morgan fingerprint density at radius 3 is 1.15 bits per heavy atom. The van der Waals surface area contributed by atoms with E-state index in [1.807, 2.05) is 0 Å². The van der Waals surface area contributed by atoms with Gasteiger partial charge in [-0.15, -0.1) is 0 Å². The second-order valence-electron chi connectivity index (χ2n) is 7.16. The predicted molar refractivity (Wildman–Crippen MR) is 81.8 cm³/mol. The fourth-order valence-corrected chi connectivity index (χ4v) is 2.58. The molecular weight excluding hydrogens is 677 g/mol. The topological polar surface area (TPSA) is 110 Å². The fourth-order valence-electron chi connectivity index (χ4n) is 1.94. The SMILES string of the molecule is O=C(CC(C(=O)OCC(F)(F)C(F)(F)C(F)(F)C(F)(F)F)S(=O)(=O)[O-])OCC(F)(F)C(F)(F)C(F)(F)C(F)(F)F.[Na+]. The third-order valence-electron chi connectivity index (χ3n) is 4.19. The molecule has 0 spiro atoms. The van der Waals surface area contributed by atoms with Crippen molar-refractivity contribution in [2.24, 2.45) is 0 Å². The molecule has 0 amide bonds. The number of halogens is 18. The maximum absolute atomic E-state index is 13.3. The van der Waals surface area contributed by atoms with E-state index in [0.717, 1.165) is 0 Å². The van der Waals surface area contributed by atoms with Crippen molar-refractivity contribution in [1.82, 2.24) is 0 Å². The molecule has 27 heteroatoms. The van der Waals surface area contributed by atoms with Crippen molar-refractivity contribution in [1.29, 1.82) is 0 Å². The molecule has 0 heterocycles. The molecule has 0 aromatic heterocycles. The molecule has 41 heavy (non-hydrogen) atoms. The molecule has 0 aliphatic heterocycles. The molecule has 7 nitrogen and oxygen atoms in total. The standard InChI is InChI=1S/C14H8F18O7S.Na/c15-7(16,9(19,20)11(23,24)13(27,28)29)2-38-5(33)1-4(40(35,36)37)6(34)39-3-8(17,18)10(21,22)12(25,26)14(30,31)32;/h4H,1-3H2,(H,35,36,37);/q;+1/p-1. The maximum atomic E-state index is 13.3. The first kappa shape index (κ1) is 41.7. The predicted octanol–water partition coefficient (Wildman–Crippen LogP) is 1.32. The van der Waals surface area contributed by atoms with E-state index >= 15 is 0 Å². The number of alkyl halides is 18. The maximum Gasteiger partial charge on any atom is 1.00 e. The molecule has 0 saturated carbocycles. The number of carbonyl (C=O) groups is 2. The van der Waals surface area contributed by atoms with E-state index in [1.54, 1.807) is 0 Å². The van der Waals surface area contributed by atoms with Crippen LogP contribution < -0.4 is 29.6 Å². The number of carbonyl (C=O) groups excluding carboxylic acids is 2. The van der Waals surface area contributed by atoms with Crippen LogP contribution in [0, 0.1) is 0 Å². The van der Waals surface area contributed by atoms with Gasteiger partial charge in [0.2, 0.25) is 0 Å². The van der Waals surface area contributed by atoms with Gasteiger partial charge in [-0.25, -0.2) is 8.42 Å². The van der Waals surface area contributed by atoms with Crippen LogP contribution in [0.1, 0.15) is 6.42 Å². The second-order valence-corrected chi connectivity index (χ2v) is 8.71. The van der Waals surface area contributed by atoms with E-state index in [1.165, 1.54) is 0 Å². The number of hydrogen-bond acceptors (Lipinski definition) is 7. The normalized spacial score (nSPS) is 15.6. The Bertz CT molecular complexity index is 1050. The van der Waals surface area contributed by atoms with Crippen LogP contribution in [0.5, 0.6) is 0 Å². The van der Waals surface area contributed by atoms with Crippen molar-refractivity contribution in [3.05, 3.63) is 0 Å². The van der Waals surface area contributed by atoms with Gasteiger partial charge in [-0.1, -0.05) is 0 Å². The summed E-state index contributed by atoms with van der Waals surface area (Å²) in [5, 5.41) is -3.92. The van der Waals surface area contributed by atoms with Crippen LogP contribution >= 0.6 is 0 Å². The average Bonchev–Trinajstić information content (AvgIpc) is 2.71. The van der Waals surface area contributed by atoms with E-state index in [9.17, 15) is 102 Å². The van der Waals surface area contributed by atoms with Crippen molar-refractivity contribution >= 4 is 22.1 Å². The zero-order valence-electron chi connectivity index (χ0n) is 18.8. The summed E-state index contributed by atoms with van der Waals surface area (Å²) in [5.74, 6) is -49.3. The van der Waals surface area contributed by atoms with E-state index in [4.69, 9.17) is 0 Å². The Morgan fingerprint density at radius 2 is 0.878 bits per heavy atom. The Morgan fingerprint density at radius 1 is 0.585 bits per heavy atom. The van der Waals surface area contributed by atoms with Crippen LogP contribution in [-0.2, 0) is 29.2 Å². The third-order valence-corrected chi connectivity index (χ3v) is 5.25. The summed E-state index contributed by atoms with van der Waals surface area (Å²) in [4.78, 5) is 22.8. The zero-order valence-corrected chi connectivity index (χ0v) is 21.6. The van der Waals surface area contributed by atoms with Gasteiger partial charge >= 0.3 is 89.4 Å². The summed E-state index contributed by atoms with van der Waals surface area (Å²) in [7, 11) is -6.53. The van der Waals surface area contributed by atoms with Gasteiger partial charge in [0, 0.05) is 0 Å². The molecule has 0 aromatic carbocycles. The van der Waals surface area contributed by atoms with Crippen LogP contribution in [-0.4, -0.2) is 91.3 Å². The molecule has 1 unspecified atom stereocenters. The minimum Gasteiger partial charge on any atom is -0.747 e. The summed E-state index contributed by atoms with van der Waals surface area (Å²) in [6, 6.07) is 0. The average molecular weight is 684 g/mol. The van der Waals surface area contributed by atoms with E-state index in [2.05, 4.69) is 9.47 Å². The van der Waals surface area contributed by atoms with Crippen molar-refractivity contribution < 1.29 is 141 Å². The Balaban J connectivity index is 0. The first-order valence-corrected chi connectivity index (χ1v) is 10.3. The smallest absolute Gasteiger partial charge is 0.747 e. The van der Waals surface area contributed by atoms with Crippen molar-refractivity contribution in [2.45, 2.75) is 59.6 Å². The van der Waals surface area contributed by atoms with Crippen LogP contribution in [0.25, 0.3) is 0 Å². The molecule has 0 aromatic rings. The van der Waals surface area contributed by atoms with E-state index in [-0.39, 0.29) is 29.6 Å². The number of ether oxygens (including phenoxy) is 2. The number of hydrogen-bond donors (Lipinski definition) is 0. The van der Waals surface area contributed by atoms with Crippen LogP contribution in [0.2, 0.25) is 0 Å². The van der Waals surface area contributed by atoms with Crippen molar-refractivity contribution in [3.8, 4) is 0 Å². The van der Waals surface area contributed by atoms with Gasteiger partial charge in [-0.3, -0.25) is 9.59 Å². The zero-order chi connectivity index (χ0) is 32.8. The molecule has 238 valence electrons. The van der Waals surface area contributed by atoms with Gasteiger partial charge in [-0.05, 0) is 0 Å². The molecule has 0 N–H and O–H groups in total. The van der Waals surface area contributed by atoms with Gasteiger partial charge in [0.1, 0.15) is 10.1 Å². The third kappa shape index (κ3) is 8.36. The second kappa shape index (κ2) is 12.3. The molecule has 0 rings (SSSR count). The van der Waals surface area contributed by atoms with E-state index < -0.39 is 94.8 Å². The Hall–Kier alpha value is -1.41. The number of rotatable bonds is 12. The quantitative estimate of drug-likeness (QED) is 0.132. The van der Waals surface area contributed by atoms with Crippen LogP contribution in [0.3, 0.4) is 0 Å². The summed E-state index contributed by atoms with van der Waals surface area (Å²) >= 11 is 0. The van der Waals surface area contributed by atoms with Gasteiger partial charge < -0.3 is 14.0 Å². The molecular formula is C14H7F18NaO7S. The summed E-state index contributed by atoms with van der Waals surface area (Å²) < 4.78 is 267. The summed E-state index contributed by atoms with van der Waals surface area (Å²) in [6.45, 7) is -7.05. The van der Waals surface area contributed by atoms with Gasteiger partial charge in [0.25, 0.3) is 0 Å². The molecule has 0 bridgehead atoms. The van der Waals surface area contributed by atoms with Gasteiger partial charge in [-0.2, -0.15) is 79.0 Å². The monoisotopic (exact) mass is 684 g/mol. The molecule has 0 aliphatic rings. The molecule has 1 atom stereocenters. The Kier molecular flexibility index (Phi) is 12.5. The molecule has 0 aliphatic carbocycles. The van der Waals surface area contributed by atoms with Crippen LogP contribution in [0.4, 0.5) is 79.0 Å². The van der Waals surface area contributed by atoms with Crippen LogP contribution in [0.15, 0.2) is 0 Å². The Labute approximate surface area is 235 Å². The molecule has 0 saturated heterocycles. The van der Waals surface area contributed by atoms with E-state index in [0.29, 0.717) is 0 Å². The summed E-state index contributed by atoms with van der Waals surface area (Å²) in [5.41, 5.74) is 0. The summed E-state index contributed by atoms with van der Waals surface area (Å²) in [6.07, 6.45) is -17.3. The fraction of sp³-hybridized carbons (Fsp3) is 0.857. The van der Waals surface area contributed by atoms with Crippen molar-refractivity contribution in [2.75, 3.05) is 13.2 Å². The molecule has 0 fully saturated rings. The number of esters is 2. The first-order chi connectivity index (χ1) is 17.1. The van der Waals surface area contributed by atoms with Crippen molar-refractivity contribution in [3.63, 3.8) is 0 Å². The largest absolute Gasteiger partial charge is 1.00 e. The first-order valence-electron chi connectivity index (χ1n) is 8.79. The molecule has 0 radical (unpaired) electrons. The minimum absolute atomic E-state index is 0. The van der Waals surface area contributed by atoms with Gasteiger partial charge in [0.05, 0.1) is 6.42 Å². The minimum atomic E-state index is -7.54. The van der Waals surface area contributed by atoms with Gasteiger partial charge in [0.15, 0.2) is 18.5 Å².